The molecule has 1 aliphatic carbocycles. The third-order valence-electron chi connectivity index (χ3n) is 3.61. The molecule has 2 nitrogen and oxygen atoms in total. The predicted molar refractivity (Wildman–Crippen MR) is 83.3 cm³/mol. The van der Waals surface area contributed by atoms with E-state index in [1.165, 1.54) is 12.1 Å². The summed E-state index contributed by atoms with van der Waals surface area (Å²) in [7, 11) is 1.65. The lowest BCUT2D eigenvalue weighted by Gasteiger charge is -2.31. The van der Waals surface area contributed by atoms with Crippen LogP contribution in [0.3, 0.4) is 0 Å². The number of nitrogens with one attached hydrogen (secondary N) is 1. The topological polar surface area (TPSA) is 21.3 Å². The summed E-state index contributed by atoms with van der Waals surface area (Å²) in [5, 5.41) is 3.42. The summed E-state index contributed by atoms with van der Waals surface area (Å²) in [6.45, 7) is 0. The van der Waals surface area contributed by atoms with Crippen molar-refractivity contribution in [1.82, 2.24) is 5.32 Å². The zero-order valence-electron chi connectivity index (χ0n) is 11.6. The minimum absolute atomic E-state index is 0.0646. The number of rotatable bonds is 3. The molecule has 3 rings (SSSR count). The van der Waals surface area contributed by atoms with E-state index in [1.54, 1.807) is 13.2 Å². The molecular weight excluding hydrogens is 289 g/mol. The summed E-state index contributed by atoms with van der Waals surface area (Å²) in [4.78, 5) is 0. The van der Waals surface area contributed by atoms with E-state index in [4.69, 9.17) is 16.3 Å². The molecule has 0 aromatic heterocycles. The number of hydrogen-bond donors (Lipinski definition) is 1. The fraction of sp³-hybridized carbons (Fsp3) is 0.176. The number of dihydropyridines is 1. The molecule has 1 unspecified atom stereocenters. The lowest BCUT2D eigenvalue weighted by atomic mass is 9.91. The van der Waals surface area contributed by atoms with Crippen LogP contribution in [0.1, 0.15) is 5.56 Å². The molecule has 0 saturated heterocycles. The van der Waals surface area contributed by atoms with E-state index in [-0.39, 0.29) is 11.9 Å². The van der Waals surface area contributed by atoms with E-state index >= 15 is 0 Å². The molecule has 21 heavy (non-hydrogen) atoms. The minimum atomic E-state index is -0.267. The van der Waals surface area contributed by atoms with Crippen molar-refractivity contribution in [2.75, 3.05) is 13.0 Å². The Kier molecular flexibility index (Phi) is 3.84. The van der Waals surface area contributed by atoms with Gasteiger partial charge in [0.25, 0.3) is 0 Å². The minimum Gasteiger partial charge on any atom is -0.499 e. The molecule has 0 spiro atoms. The molecule has 0 fully saturated rings. The smallest absolute Gasteiger partial charge is 0.123 e. The maximum Gasteiger partial charge on any atom is 0.123 e. The van der Waals surface area contributed by atoms with E-state index in [0.29, 0.717) is 5.88 Å². The summed E-state index contributed by atoms with van der Waals surface area (Å²) in [6, 6.07) is 6.43. The first-order valence-corrected chi connectivity index (χ1v) is 7.22. The van der Waals surface area contributed by atoms with Crippen LogP contribution in [0.4, 0.5) is 4.39 Å². The number of fused-ring (bicyclic) bond motifs is 1. The van der Waals surface area contributed by atoms with Crippen molar-refractivity contribution in [3.05, 3.63) is 76.9 Å². The first-order chi connectivity index (χ1) is 10.2. The van der Waals surface area contributed by atoms with Gasteiger partial charge in [-0.3, -0.25) is 0 Å². The molecule has 4 heteroatoms. The number of allylic oxidation sites excluding steroid dienone is 4. The standard InChI is InChI=1S/C17H15ClFNO/c1-21-15-7-3-5-11-8-13(10-18)16(20-17(11)15)12-4-2-6-14(19)9-12/h2-9,17,20H,10H2,1H3. The lowest BCUT2D eigenvalue weighted by molar-refractivity contribution is 0.265. The summed E-state index contributed by atoms with van der Waals surface area (Å²) in [5.41, 5.74) is 3.66. The molecular formula is C17H15ClFNO. The van der Waals surface area contributed by atoms with Gasteiger partial charge in [0.1, 0.15) is 17.6 Å². The molecule has 1 heterocycles. The van der Waals surface area contributed by atoms with Crippen LogP contribution in [0.2, 0.25) is 0 Å². The van der Waals surface area contributed by atoms with Gasteiger partial charge in [-0.15, -0.1) is 11.6 Å². The Morgan fingerprint density at radius 3 is 2.95 bits per heavy atom. The second kappa shape index (κ2) is 5.78. The van der Waals surface area contributed by atoms with Gasteiger partial charge in [0.15, 0.2) is 0 Å². The first-order valence-electron chi connectivity index (χ1n) is 6.68. The molecule has 0 radical (unpaired) electrons. The van der Waals surface area contributed by atoms with Gasteiger partial charge in [-0.2, -0.15) is 0 Å². The van der Waals surface area contributed by atoms with Crippen LogP contribution in [-0.4, -0.2) is 19.0 Å². The average Bonchev–Trinajstić information content (AvgIpc) is 2.52. The highest BCUT2D eigenvalue weighted by Crippen LogP contribution is 2.31. The Balaban J connectivity index is 2.06. The van der Waals surface area contributed by atoms with Gasteiger partial charge in [0, 0.05) is 17.1 Å². The molecule has 0 saturated carbocycles. The fourth-order valence-corrected chi connectivity index (χ4v) is 2.82. The van der Waals surface area contributed by atoms with Gasteiger partial charge in [0.05, 0.1) is 7.11 Å². The first kappa shape index (κ1) is 14.0. The third kappa shape index (κ3) is 2.61. The number of methoxy groups -OCH3 is 1. The van der Waals surface area contributed by atoms with Crippen molar-refractivity contribution in [3.63, 3.8) is 0 Å². The number of ether oxygens (including phenoxy) is 1. The molecule has 1 N–H and O–H groups in total. The SMILES string of the molecule is COC1=CC=CC2=CC(CCl)=C(c3cccc(F)c3)NC21. The maximum atomic E-state index is 13.5. The zero-order valence-corrected chi connectivity index (χ0v) is 12.3. The Morgan fingerprint density at radius 1 is 1.38 bits per heavy atom. The van der Waals surface area contributed by atoms with Crippen LogP contribution in [0, 0.1) is 5.82 Å². The summed E-state index contributed by atoms with van der Waals surface area (Å²) >= 11 is 6.06. The van der Waals surface area contributed by atoms with Crippen LogP contribution in [0.5, 0.6) is 0 Å². The van der Waals surface area contributed by atoms with Crippen molar-refractivity contribution in [1.29, 1.82) is 0 Å². The van der Waals surface area contributed by atoms with Crippen LogP contribution >= 0.6 is 11.6 Å². The number of hydrogen-bond acceptors (Lipinski definition) is 2. The summed E-state index contributed by atoms with van der Waals surface area (Å²) in [6.07, 6.45) is 7.93. The molecule has 0 bridgehead atoms. The van der Waals surface area contributed by atoms with E-state index < -0.39 is 0 Å². The highest BCUT2D eigenvalue weighted by atomic mass is 35.5. The van der Waals surface area contributed by atoms with Crippen molar-refractivity contribution in [2.45, 2.75) is 6.04 Å². The molecule has 1 atom stereocenters. The largest absolute Gasteiger partial charge is 0.499 e. The van der Waals surface area contributed by atoms with Crippen molar-refractivity contribution >= 4 is 17.3 Å². The maximum absolute atomic E-state index is 13.5. The van der Waals surface area contributed by atoms with Gasteiger partial charge < -0.3 is 10.1 Å². The average molecular weight is 304 g/mol. The number of halogens is 2. The monoisotopic (exact) mass is 303 g/mol. The van der Waals surface area contributed by atoms with Gasteiger partial charge >= 0.3 is 0 Å². The van der Waals surface area contributed by atoms with Gasteiger partial charge in [-0.05, 0) is 35.4 Å². The molecule has 1 aliphatic heterocycles. The van der Waals surface area contributed by atoms with E-state index in [9.17, 15) is 4.39 Å². The molecule has 1 aromatic carbocycles. The van der Waals surface area contributed by atoms with Crippen molar-refractivity contribution < 1.29 is 9.13 Å². The molecule has 1 aromatic rings. The highest BCUT2D eigenvalue weighted by molar-refractivity contribution is 6.20. The second-order valence-electron chi connectivity index (χ2n) is 4.90. The normalized spacial score (nSPS) is 20.4. The fourth-order valence-electron chi connectivity index (χ4n) is 2.61. The third-order valence-corrected chi connectivity index (χ3v) is 3.90. The van der Waals surface area contributed by atoms with Crippen LogP contribution < -0.4 is 5.32 Å². The lowest BCUT2D eigenvalue weighted by Crippen LogP contribution is -2.36. The van der Waals surface area contributed by atoms with E-state index in [1.807, 2.05) is 30.4 Å². The Hall–Kier alpha value is -2.00. The van der Waals surface area contributed by atoms with Crippen LogP contribution in [-0.2, 0) is 4.74 Å². The molecule has 0 amide bonds. The van der Waals surface area contributed by atoms with E-state index in [2.05, 4.69) is 5.32 Å². The zero-order chi connectivity index (χ0) is 14.8. The van der Waals surface area contributed by atoms with Gasteiger partial charge in [-0.1, -0.05) is 24.3 Å². The van der Waals surface area contributed by atoms with Crippen LogP contribution in [0.25, 0.3) is 5.70 Å². The van der Waals surface area contributed by atoms with Crippen LogP contribution in [0.15, 0.2) is 65.5 Å². The van der Waals surface area contributed by atoms with Crippen molar-refractivity contribution in [3.8, 4) is 0 Å². The van der Waals surface area contributed by atoms with E-state index in [0.717, 1.165) is 28.2 Å². The Morgan fingerprint density at radius 2 is 2.24 bits per heavy atom. The molecule has 108 valence electrons. The quantitative estimate of drug-likeness (QED) is 0.858. The Bertz CT molecular complexity index is 688. The summed E-state index contributed by atoms with van der Waals surface area (Å²) in [5.74, 6) is 0.914. The van der Waals surface area contributed by atoms with Gasteiger partial charge in [0.2, 0.25) is 0 Å². The number of alkyl halides is 1. The molecule has 2 aliphatic rings. The van der Waals surface area contributed by atoms with Crippen molar-refractivity contribution in [2.24, 2.45) is 0 Å². The highest BCUT2D eigenvalue weighted by Gasteiger charge is 2.27. The predicted octanol–water partition coefficient (Wildman–Crippen LogP) is 3.77. The van der Waals surface area contributed by atoms with Gasteiger partial charge in [-0.25, -0.2) is 4.39 Å². The second-order valence-corrected chi connectivity index (χ2v) is 5.17. The Labute approximate surface area is 128 Å². The number of benzene rings is 1. The summed E-state index contributed by atoms with van der Waals surface area (Å²) < 4.78 is 18.9.